The Balaban J connectivity index is 1.99. The summed E-state index contributed by atoms with van der Waals surface area (Å²) >= 11 is 3.41. The van der Waals surface area contributed by atoms with Gasteiger partial charge in [-0.15, -0.1) is 0 Å². The van der Waals surface area contributed by atoms with E-state index in [0.717, 1.165) is 35.1 Å². The van der Waals surface area contributed by atoms with Gasteiger partial charge in [0, 0.05) is 22.5 Å². The Hall–Kier alpha value is -1.13. The van der Waals surface area contributed by atoms with E-state index in [1.54, 1.807) is 6.07 Å². The highest BCUT2D eigenvalue weighted by molar-refractivity contribution is 9.10. The average Bonchev–Trinajstić information content (AvgIpc) is 2.39. The number of likely N-dealkylation sites (tertiary alicyclic amines) is 1. The molecule has 2 heterocycles. The van der Waals surface area contributed by atoms with Crippen LogP contribution in [0.15, 0.2) is 37.9 Å². The lowest BCUT2D eigenvalue weighted by molar-refractivity contribution is 0.221. The summed E-state index contributed by atoms with van der Waals surface area (Å²) in [7, 11) is 0. The molecule has 0 N–H and O–H groups in total. The zero-order chi connectivity index (χ0) is 13.2. The van der Waals surface area contributed by atoms with E-state index in [9.17, 15) is 4.79 Å². The number of rotatable bonds is 2. The quantitative estimate of drug-likeness (QED) is 0.793. The molecular weight excluding hydrogens is 306 g/mol. The third-order valence-electron chi connectivity index (χ3n) is 3.63. The van der Waals surface area contributed by atoms with Crippen LogP contribution in [0, 0.1) is 0 Å². The molecule has 3 rings (SSSR count). The SMILES string of the molecule is O=c1cc(CN2CCCCC2)c2ccc(Br)cc2o1. The van der Waals surface area contributed by atoms with E-state index in [0.29, 0.717) is 5.58 Å². The fourth-order valence-electron chi connectivity index (χ4n) is 2.69. The standard InChI is InChI=1S/C15H16BrNO2/c16-12-4-5-13-11(8-15(18)19-14(13)9-12)10-17-6-2-1-3-7-17/h4-5,8-9H,1-3,6-7,10H2. The van der Waals surface area contributed by atoms with E-state index in [1.807, 2.05) is 18.2 Å². The molecule has 0 aliphatic carbocycles. The molecule has 1 aromatic carbocycles. The summed E-state index contributed by atoms with van der Waals surface area (Å²) in [6, 6.07) is 7.49. The first-order chi connectivity index (χ1) is 9.22. The van der Waals surface area contributed by atoms with Crippen molar-refractivity contribution in [3.63, 3.8) is 0 Å². The summed E-state index contributed by atoms with van der Waals surface area (Å²) in [4.78, 5) is 14.1. The van der Waals surface area contributed by atoms with Crippen molar-refractivity contribution in [2.75, 3.05) is 13.1 Å². The van der Waals surface area contributed by atoms with E-state index in [2.05, 4.69) is 20.8 Å². The Morgan fingerprint density at radius 1 is 1.16 bits per heavy atom. The van der Waals surface area contributed by atoms with E-state index in [4.69, 9.17) is 4.42 Å². The van der Waals surface area contributed by atoms with Crippen LogP contribution in [-0.2, 0) is 6.54 Å². The van der Waals surface area contributed by atoms with Crippen molar-refractivity contribution in [2.45, 2.75) is 25.8 Å². The van der Waals surface area contributed by atoms with Gasteiger partial charge >= 0.3 is 5.63 Å². The number of nitrogens with zero attached hydrogens (tertiary/aromatic N) is 1. The summed E-state index contributed by atoms with van der Waals surface area (Å²) < 4.78 is 6.20. The van der Waals surface area contributed by atoms with Gasteiger partial charge in [-0.2, -0.15) is 0 Å². The van der Waals surface area contributed by atoms with Crippen molar-refractivity contribution in [2.24, 2.45) is 0 Å². The predicted molar refractivity (Wildman–Crippen MR) is 79.3 cm³/mol. The van der Waals surface area contributed by atoms with Crippen LogP contribution < -0.4 is 5.63 Å². The fourth-order valence-corrected chi connectivity index (χ4v) is 3.03. The minimum absolute atomic E-state index is 0.266. The number of fused-ring (bicyclic) bond motifs is 1. The molecule has 1 aromatic heterocycles. The van der Waals surface area contributed by atoms with Crippen LogP contribution in [0.1, 0.15) is 24.8 Å². The minimum atomic E-state index is -0.266. The van der Waals surface area contributed by atoms with Gasteiger partial charge in [0.2, 0.25) is 0 Å². The maximum atomic E-state index is 11.7. The molecule has 2 aromatic rings. The lowest BCUT2D eigenvalue weighted by atomic mass is 10.1. The highest BCUT2D eigenvalue weighted by Gasteiger charge is 2.13. The molecule has 3 nitrogen and oxygen atoms in total. The molecule has 0 bridgehead atoms. The maximum absolute atomic E-state index is 11.7. The van der Waals surface area contributed by atoms with E-state index in [-0.39, 0.29) is 5.63 Å². The van der Waals surface area contributed by atoms with Crippen molar-refractivity contribution in [1.29, 1.82) is 0 Å². The van der Waals surface area contributed by atoms with Gasteiger partial charge in [0.05, 0.1) is 0 Å². The van der Waals surface area contributed by atoms with Crippen LogP contribution in [0.3, 0.4) is 0 Å². The summed E-state index contributed by atoms with van der Waals surface area (Å²) in [5, 5.41) is 1.04. The molecular formula is C15H16BrNO2. The second-order valence-electron chi connectivity index (χ2n) is 5.07. The first-order valence-electron chi connectivity index (χ1n) is 6.67. The van der Waals surface area contributed by atoms with Crippen LogP contribution in [-0.4, -0.2) is 18.0 Å². The first kappa shape index (κ1) is 12.9. The molecule has 0 unspecified atom stereocenters. The molecule has 1 aliphatic rings. The predicted octanol–water partition coefficient (Wildman–Crippen LogP) is 3.54. The Kier molecular flexibility index (Phi) is 3.71. The largest absolute Gasteiger partial charge is 0.423 e. The first-order valence-corrected chi connectivity index (χ1v) is 7.46. The van der Waals surface area contributed by atoms with Gasteiger partial charge < -0.3 is 4.42 Å². The lowest BCUT2D eigenvalue weighted by Gasteiger charge is -2.26. The monoisotopic (exact) mass is 321 g/mol. The third-order valence-corrected chi connectivity index (χ3v) is 4.13. The molecule has 0 atom stereocenters. The van der Waals surface area contributed by atoms with Gasteiger partial charge in [0.25, 0.3) is 0 Å². The van der Waals surface area contributed by atoms with Crippen LogP contribution >= 0.6 is 15.9 Å². The molecule has 0 amide bonds. The zero-order valence-corrected chi connectivity index (χ0v) is 12.3. The summed E-state index contributed by atoms with van der Waals surface area (Å²) in [6.45, 7) is 3.08. The molecule has 100 valence electrons. The normalized spacial score (nSPS) is 16.9. The van der Waals surface area contributed by atoms with Gasteiger partial charge in [-0.25, -0.2) is 4.79 Å². The van der Waals surface area contributed by atoms with Crippen molar-refractivity contribution in [3.05, 3.63) is 44.7 Å². The highest BCUT2D eigenvalue weighted by Crippen LogP contribution is 2.23. The van der Waals surface area contributed by atoms with Gasteiger partial charge in [-0.1, -0.05) is 22.4 Å². The van der Waals surface area contributed by atoms with Crippen LogP contribution in [0.5, 0.6) is 0 Å². The van der Waals surface area contributed by atoms with Crippen molar-refractivity contribution < 1.29 is 4.42 Å². The number of hydrogen-bond acceptors (Lipinski definition) is 3. The molecule has 1 aliphatic heterocycles. The lowest BCUT2D eigenvalue weighted by Crippen LogP contribution is -2.29. The molecule has 19 heavy (non-hydrogen) atoms. The third kappa shape index (κ3) is 2.90. The summed E-state index contributed by atoms with van der Waals surface area (Å²) in [5.74, 6) is 0. The Morgan fingerprint density at radius 2 is 1.95 bits per heavy atom. The van der Waals surface area contributed by atoms with Crippen LogP contribution in [0.4, 0.5) is 0 Å². The fraction of sp³-hybridized carbons (Fsp3) is 0.400. The highest BCUT2D eigenvalue weighted by atomic mass is 79.9. The van der Waals surface area contributed by atoms with Crippen LogP contribution in [0.2, 0.25) is 0 Å². The smallest absolute Gasteiger partial charge is 0.336 e. The molecule has 0 saturated carbocycles. The number of benzene rings is 1. The second kappa shape index (κ2) is 5.47. The summed E-state index contributed by atoms with van der Waals surface area (Å²) in [5.41, 5.74) is 1.46. The maximum Gasteiger partial charge on any atom is 0.336 e. The van der Waals surface area contributed by atoms with E-state index < -0.39 is 0 Å². The van der Waals surface area contributed by atoms with Crippen LogP contribution in [0.25, 0.3) is 11.0 Å². The molecule has 4 heteroatoms. The van der Waals surface area contributed by atoms with Gasteiger partial charge in [0.1, 0.15) is 5.58 Å². The number of piperidine rings is 1. The minimum Gasteiger partial charge on any atom is -0.423 e. The molecule has 1 saturated heterocycles. The van der Waals surface area contributed by atoms with Crippen molar-refractivity contribution in [3.8, 4) is 0 Å². The van der Waals surface area contributed by atoms with E-state index in [1.165, 1.54) is 19.3 Å². The van der Waals surface area contributed by atoms with E-state index >= 15 is 0 Å². The molecule has 0 spiro atoms. The van der Waals surface area contributed by atoms with Crippen molar-refractivity contribution >= 4 is 26.9 Å². The summed E-state index contributed by atoms with van der Waals surface area (Å²) in [6.07, 6.45) is 3.83. The molecule has 1 fully saturated rings. The second-order valence-corrected chi connectivity index (χ2v) is 5.98. The average molecular weight is 322 g/mol. The number of hydrogen-bond donors (Lipinski definition) is 0. The van der Waals surface area contributed by atoms with Gasteiger partial charge in [0.15, 0.2) is 0 Å². The number of halogens is 1. The van der Waals surface area contributed by atoms with Gasteiger partial charge in [-0.3, -0.25) is 4.90 Å². The van der Waals surface area contributed by atoms with Gasteiger partial charge in [-0.05, 0) is 49.7 Å². The topological polar surface area (TPSA) is 33.5 Å². The molecule has 0 radical (unpaired) electrons. The Morgan fingerprint density at radius 3 is 2.74 bits per heavy atom. The Bertz CT molecular complexity index is 644. The Labute approximate surface area is 120 Å². The van der Waals surface area contributed by atoms with Crippen molar-refractivity contribution in [1.82, 2.24) is 4.90 Å². The zero-order valence-electron chi connectivity index (χ0n) is 10.7.